The number of anilines is 1. The standard InChI is InChI=1S/C15H19N3O3S2/c1-15(2,3)14(20)21-9-18-8-10(7-16-18)17-13(19)11-5-6-12(22-4)23-11/h5-8H,9H2,1-4H3,(H,17,19). The van der Waals surface area contributed by atoms with Crippen LogP contribution < -0.4 is 5.32 Å². The molecule has 23 heavy (non-hydrogen) atoms. The molecule has 0 spiro atoms. The van der Waals surface area contributed by atoms with Gasteiger partial charge in [0.05, 0.1) is 32.6 Å². The first-order chi connectivity index (χ1) is 10.8. The maximum atomic E-state index is 12.1. The summed E-state index contributed by atoms with van der Waals surface area (Å²) in [5.74, 6) is -0.483. The first kappa shape index (κ1) is 17.6. The SMILES string of the molecule is CSc1ccc(C(=O)Nc2cnn(COC(=O)C(C)(C)C)c2)s1. The van der Waals surface area contributed by atoms with Crippen LogP contribution in [0.4, 0.5) is 5.69 Å². The molecule has 0 atom stereocenters. The number of nitrogens with zero attached hydrogens (tertiary/aromatic N) is 2. The van der Waals surface area contributed by atoms with Crippen LogP contribution in [0.1, 0.15) is 30.4 Å². The van der Waals surface area contributed by atoms with Gasteiger partial charge in [-0.15, -0.1) is 23.1 Å². The molecule has 124 valence electrons. The van der Waals surface area contributed by atoms with E-state index in [1.165, 1.54) is 22.2 Å². The van der Waals surface area contributed by atoms with Crippen molar-refractivity contribution in [2.24, 2.45) is 5.41 Å². The number of carbonyl (C=O) groups is 2. The Labute approximate surface area is 143 Å². The molecule has 0 fully saturated rings. The zero-order valence-electron chi connectivity index (χ0n) is 13.5. The van der Waals surface area contributed by atoms with E-state index in [0.29, 0.717) is 10.6 Å². The number of thiophene rings is 1. The predicted octanol–water partition coefficient (Wildman–Crippen LogP) is 3.47. The normalized spacial score (nSPS) is 11.3. The summed E-state index contributed by atoms with van der Waals surface area (Å²) in [4.78, 5) is 24.5. The largest absolute Gasteiger partial charge is 0.442 e. The number of aromatic nitrogens is 2. The molecule has 1 amide bonds. The smallest absolute Gasteiger partial charge is 0.313 e. The Balaban J connectivity index is 1.92. The van der Waals surface area contributed by atoms with E-state index in [9.17, 15) is 9.59 Å². The van der Waals surface area contributed by atoms with Crippen molar-refractivity contribution in [3.8, 4) is 0 Å². The first-order valence-corrected chi connectivity index (χ1v) is 8.98. The monoisotopic (exact) mass is 353 g/mol. The van der Waals surface area contributed by atoms with Crippen molar-refractivity contribution >= 4 is 40.7 Å². The summed E-state index contributed by atoms with van der Waals surface area (Å²) >= 11 is 3.04. The molecule has 2 aromatic heterocycles. The maximum Gasteiger partial charge on any atom is 0.313 e. The van der Waals surface area contributed by atoms with E-state index in [1.807, 2.05) is 12.3 Å². The zero-order valence-corrected chi connectivity index (χ0v) is 15.1. The Bertz CT molecular complexity index is 701. The minimum absolute atomic E-state index is 0.0155. The van der Waals surface area contributed by atoms with Gasteiger partial charge in [-0.25, -0.2) is 4.68 Å². The molecule has 0 aromatic carbocycles. The highest BCUT2D eigenvalue weighted by Crippen LogP contribution is 2.25. The highest BCUT2D eigenvalue weighted by molar-refractivity contribution is 8.00. The van der Waals surface area contributed by atoms with Crippen molar-refractivity contribution in [2.75, 3.05) is 11.6 Å². The van der Waals surface area contributed by atoms with Crippen LogP contribution in [-0.4, -0.2) is 27.9 Å². The minimum Gasteiger partial charge on any atom is -0.442 e. The molecule has 8 heteroatoms. The fraction of sp³-hybridized carbons (Fsp3) is 0.400. The fourth-order valence-corrected chi connectivity index (χ4v) is 3.02. The Kier molecular flexibility index (Phi) is 5.48. The van der Waals surface area contributed by atoms with Crippen LogP contribution >= 0.6 is 23.1 Å². The number of hydrogen-bond acceptors (Lipinski definition) is 6. The molecule has 0 saturated heterocycles. The third kappa shape index (κ3) is 4.84. The van der Waals surface area contributed by atoms with Gasteiger partial charge in [-0.2, -0.15) is 5.10 Å². The lowest BCUT2D eigenvalue weighted by molar-refractivity contribution is -0.157. The van der Waals surface area contributed by atoms with E-state index in [0.717, 1.165) is 4.21 Å². The number of esters is 1. The zero-order chi connectivity index (χ0) is 17.0. The van der Waals surface area contributed by atoms with E-state index in [4.69, 9.17) is 4.74 Å². The molecule has 0 aliphatic heterocycles. The van der Waals surface area contributed by atoms with Gasteiger partial charge in [-0.05, 0) is 39.2 Å². The van der Waals surface area contributed by atoms with Crippen LogP contribution in [0.3, 0.4) is 0 Å². The molecule has 0 unspecified atom stereocenters. The van der Waals surface area contributed by atoms with E-state index in [1.54, 1.807) is 44.8 Å². The molecule has 2 aromatic rings. The van der Waals surface area contributed by atoms with E-state index in [2.05, 4.69) is 10.4 Å². The molecule has 2 heterocycles. The lowest BCUT2D eigenvalue weighted by atomic mass is 9.98. The summed E-state index contributed by atoms with van der Waals surface area (Å²) in [6.45, 7) is 5.37. The summed E-state index contributed by atoms with van der Waals surface area (Å²) in [6.07, 6.45) is 5.11. The van der Waals surface area contributed by atoms with Crippen molar-refractivity contribution in [2.45, 2.75) is 31.7 Å². The lowest BCUT2D eigenvalue weighted by Crippen LogP contribution is -2.24. The minimum atomic E-state index is -0.557. The first-order valence-electron chi connectivity index (χ1n) is 6.94. The molecule has 0 saturated carbocycles. The molecule has 0 bridgehead atoms. The van der Waals surface area contributed by atoms with Crippen LogP contribution in [0, 0.1) is 5.41 Å². The summed E-state index contributed by atoms with van der Waals surface area (Å²) in [5, 5.41) is 6.83. The second-order valence-electron chi connectivity index (χ2n) is 5.86. The van der Waals surface area contributed by atoms with Gasteiger partial charge in [0.25, 0.3) is 5.91 Å². The van der Waals surface area contributed by atoms with Crippen LogP contribution in [-0.2, 0) is 16.3 Å². The average Bonchev–Trinajstić information content (AvgIpc) is 3.12. The molecule has 2 rings (SSSR count). The summed E-state index contributed by atoms with van der Waals surface area (Å²) < 4.78 is 7.70. The quantitative estimate of drug-likeness (QED) is 0.658. The predicted molar refractivity (Wildman–Crippen MR) is 91.8 cm³/mol. The molecule has 0 aliphatic rings. The second-order valence-corrected chi connectivity index (χ2v) is 8.05. The van der Waals surface area contributed by atoms with Crippen LogP contribution in [0.2, 0.25) is 0 Å². The molecular weight excluding hydrogens is 334 g/mol. The van der Waals surface area contributed by atoms with Gasteiger partial charge >= 0.3 is 5.97 Å². The van der Waals surface area contributed by atoms with Gasteiger partial charge in [0, 0.05) is 0 Å². The lowest BCUT2D eigenvalue weighted by Gasteiger charge is -2.16. The van der Waals surface area contributed by atoms with Crippen LogP contribution in [0.25, 0.3) is 0 Å². The third-order valence-electron chi connectivity index (χ3n) is 2.84. The van der Waals surface area contributed by atoms with Gasteiger partial charge < -0.3 is 10.1 Å². The van der Waals surface area contributed by atoms with Crippen molar-refractivity contribution < 1.29 is 14.3 Å². The number of ether oxygens (including phenoxy) is 1. The number of hydrogen-bond donors (Lipinski definition) is 1. The third-order valence-corrected chi connectivity index (χ3v) is 5.00. The highest BCUT2D eigenvalue weighted by Gasteiger charge is 2.23. The number of thioether (sulfide) groups is 1. The van der Waals surface area contributed by atoms with Crippen molar-refractivity contribution in [3.63, 3.8) is 0 Å². The van der Waals surface area contributed by atoms with Gasteiger partial charge in [0.1, 0.15) is 0 Å². The van der Waals surface area contributed by atoms with E-state index in [-0.39, 0.29) is 18.6 Å². The maximum absolute atomic E-state index is 12.1. The average molecular weight is 353 g/mol. The van der Waals surface area contributed by atoms with Crippen molar-refractivity contribution in [1.29, 1.82) is 0 Å². The summed E-state index contributed by atoms with van der Waals surface area (Å²) in [7, 11) is 0. The van der Waals surface area contributed by atoms with Gasteiger partial charge in [0.2, 0.25) is 0 Å². The van der Waals surface area contributed by atoms with Crippen LogP contribution in [0.15, 0.2) is 28.7 Å². The van der Waals surface area contributed by atoms with E-state index < -0.39 is 5.41 Å². The number of carbonyl (C=O) groups excluding carboxylic acids is 2. The Hall–Kier alpha value is -1.80. The van der Waals surface area contributed by atoms with E-state index >= 15 is 0 Å². The topological polar surface area (TPSA) is 73.2 Å². The Morgan fingerprint density at radius 1 is 1.39 bits per heavy atom. The highest BCUT2D eigenvalue weighted by atomic mass is 32.2. The van der Waals surface area contributed by atoms with Crippen molar-refractivity contribution in [3.05, 3.63) is 29.4 Å². The Morgan fingerprint density at radius 2 is 2.13 bits per heavy atom. The van der Waals surface area contributed by atoms with Gasteiger partial charge in [0.15, 0.2) is 6.73 Å². The van der Waals surface area contributed by atoms with Gasteiger partial charge in [-0.1, -0.05) is 0 Å². The molecule has 0 aliphatic carbocycles. The second kappa shape index (κ2) is 7.18. The van der Waals surface area contributed by atoms with Crippen molar-refractivity contribution in [1.82, 2.24) is 9.78 Å². The molecule has 6 nitrogen and oxygen atoms in total. The summed E-state index contributed by atoms with van der Waals surface area (Å²) in [6, 6.07) is 3.71. The number of rotatable bonds is 5. The number of amides is 1. The van der Waals surface area contributed by atoms with Crippen LogP contribution in [0.5, 0.6) is 0 Å². The van der Waals surface area contributed by atoms with Gasteiger partial charge in [-0.3, -0.25) is 9.59 Å². The molecular formula is C15H19N3O3S2. The number of nitrogens with one attached hydrogen (secondary N) is 1. The Morgan fingerprint density at radius 3 is 2.74 bits per heavy atom. The fourth-order valence-electron chi connectivity index (χ4n) is 1.58. The molecule has 0 radical (unpaired) electrons. The molecule has 1 N–H and O–H groups in total. The summed E-state index contributed by atoms with van der Waals surface area (Å²) in [5.41, 5.74) is -0.000778.